The normalized spacial score (nSPS) is 10.6. The van der Waals surface area contributed by atoms with Crippen molar-refractivity contribution in [3.63, 3.8) is 0 Å². The molecule has 4 heteroatoms. The lowest BCUT2D eigenvalue weighted by atomic mass is 10.1. The van der Waals surface area contributed by atoms with E-state index in [9.17, 15) is 4.79 Å². The van der Waals surface area contributed by atoms with E-state index in [1.54, 1.807) is 30.6 Å². The molecule has 2 rings (SSSR count). The molecule has 1 aromatic carbocycles. The molecule has 0 radical (unpaired) electrons. The molecule has 0 unspecified atom stereocenters. The Kier molecular flexibility index (Phi) is 4.31. The summed E-state index contributed by atoms with van der Waals surface area (Å²) in [5.41, 5.74) is 1.73. The van der Waals surface area contributed by atoms with E-state index in [-0.39, 0.29) is 5.78 Å². The smallest absolute Gasteiger partial charge is 0.187 e. The Bertz CT molecular complexity index is 606. The Morgan fingerprint density at radius 3 is 2.84 bits per heavy atom. The molecule has 2 aromatic rings. The molecule has 0 atom stereocenters. The highest BCUT2D eigenvalue weighted by Crippen LogP contribution is 2.10. The SMILES string of the molecule is Cc1cccc(C(=O)/C=C/Nc2ccc(Cl)cn2)c1. The van der Waals surface area contributed by atoms with Crippen molar-refractivity contribution in [2.24, 2.45) is 0 Å². The van der Waals surface area contributed by atoms with Gasteiger partial charge in [0.1, 0.15) is 5.82 Å². The van der Waals surface area contributed by atoms with E-state index in [1.165, 1.54) is 6.08 Å². The third kappa shape index (κ3) is 3.93. The minimum Gasteiger partial charge on any atom is -0.347 e. The summed E-state index contributed by atoms with van der Waals surface area (Å²) in [6.07, 6.45) is 4.59. The molecule has 0 amide bonds. The first-order chi connectivity index (χ1) is 9.15. The molecule has 96 valence electrons. The first-order valence-electron chi connectivity index (χ1n) is 5.81. The van der Waals surface area contributed by atoms with Gasteiger partial charge >= 0.3 is 0 Å². The van der Waals surface area contributed by atoms with Crippen molar-refractivity contribution in [1.29, 1.82) is 0 Å². The highest BCUT2D eigenvalue weighted by atomic mass is 35.5. The molecule has 0 saturated heterocycles. The number of allylic oxidation sites excluding steroid dienone is 1. The molecule has 1 aromatic heterocycles. The van der Waals surface area contributed by atoms with Crippen LogP contribution in [0.1, 0.15) is 15.9 Å². The summed E-state index contributed by atoms with van der Waals surface area (Å²) >= 11 is 5.73. The summed E-state index contributed by atoms with van der Waals surface area (Å²) in [4.78, 5) is 15.9. The van der Waals surface area contributed by atoms with Gasteiger partial charge < -0.3 is 5.32 Å². The summed E-state index contributed by atoms with van der Waals surface area (Å²) in [7, 11) is 0. The number of carbonyl (C=O) groups is 1. The van der Waals surface area contributed by atoms with Crippen LogP contribution in [0.5, 0.6) is 0 Å². The van der Waals surface area contributed by atoms with Crippen LogP contribution in [-0.2, 0) is 0 Å². The van der Waals surface area contributed by atoms with Gasteiger partial charge in [-0.15, -0.1) is 0 Å². The number of nitrogens with one attached hydrogen (secondary N) is 1. The van der Waals surface area contributed by atoms with Crippen molar-refractivity contribution in [2.75, 3.05) is 5.32 Å². The monoisotopic (exact) mass is 272 g/mol. The highest BCUT2D eigenvalue weighted by Gasteiger charge is 2.00. The van der Waals surface area contributed by atoms with Crippen molar-refractivity contribution in [1.82, 2.24) is 4.98 Å². The molecule has 0 bridgehead atoms. The molecule has 0 fully saturated rings. The van der Waals surface area contributed by atoms with E-state index in [4.69, 9.17) is 11.6 Å². The average molecular weight is 273 g/mol. The fourth-order valence-electron chi connectivity index (χ4n) is 1.56. The first kappa shape index (κ1) is 13.3. The van der Waals surface area contributed by atoms with Crippen LogP contribution in [0.4, 0.5) is 5.82 Å². The quantitative estimate of drug-likeness (QED) is 0.679. The maximum Gasteiger partial charge on any atom is 0.187 e. The van der Waals surface area contributed by atoms with Crippen LogP contribution in [0, 0.1) is 6.92 Å². The lowest BCUT2D eigenvalue weighted by Crippen LogP contribution is -1.97. The Morgan fingerprint density at radius 2 is 2.16 bits per heavy atom. The lowest BCUT2D eigenvalue weighted by Gasteiger charge is -2.00. The number of aryl methyl sites for hydroxylation is 1. The number of aromatic nitrogens is 1. The summed E-state index contributed by atoms with van der Waals surface area (Å²) < 4.78 is 0. The predicted octanol–water partition coefficient (Wildman–Crippen LogP) is 3.85. The third-order valence-electron chi connectivity index (χ3n) is 2.50. The maximum atomic E-state index is 11.9. The minimum absolute atomic E-state index is 0.0508. The van der Waals surface area contributed by atoms with E-state index >= 15 is 0 Å². The second-order valence-electron chi connectivity index (χ2n) is 4.07. The number of hydrogen-bond acceptors (Lipinski definition) is 3. The molecule has 1 heterocycles. The van der Waals surface area contributed by atoms with Gasteiger partial charge in [0.15, 0.2) is 5.78 Å². The number of nitrogens with zero attached hydrogens (tertiary/aromatic N) is 1. The van der Waals surface area contributed by atoms with Gasteiger partial charge in [-0.2, -0.15) is 0 Å². The fraction of sp³-hybridized carbons (Fsp3) is 0.0667. The van der Waals surface area contributed by atoms with Crippen LogP contribution >= 0.6 is 11.6 Å². The molecule has 3 nitrogen and oxygen atoms in total. The number of anilines is 1. The average Bonchev–Trinajstić information content (AvgIpc) is 2.41. The molecule has 1 N–H and O–H groups in total. The van der Waals surface area contributed by atoms with E-state index in [0.717, 1.165) is 5.56 Å². The Morgan fingerprint density at radius 1 is 1.32 bits per heavy atom. The van der Waals surface area contributed by atoms with Crippen molar-refractivity contribution < 1.29 is 4.79 Å². The van der Waals surface area contributed by atoms with Crippen LogP contribution in [0.2, 0.25) is 5.02 Å². The second kappa shape index (κ2) is 6.16. The zero-order valence-corrected chi connectivity index (χ0v) is 11.2. The molecular weight excluding hydrogens is 260 g/mol. The third-order valence-corrected chi connectivity index (χ3v) is 2.72. The summed E-state index contributed by atoms with van der Waals surface area (Å²) in [5, 5.41) is 3.49. The number of halogens is 1. The van der Waals surface area contributed by atoms with Crippen molar-refractivity contribution in [3.05, 3.63) is 71.0 Å². The van der Waals surface area contributed by atoms with Crippen LogP contribution in [0.3, 0.4) is 0 Å². The van der Waals surface area contributed by atoms with Gasteiger partial charge in [-0.1, -0.05) is 35.4 Å². The second-order valence-corrected chi connectivity index (χ2v) is 4.51. The number of rotatable bonds is 4. The predicted molar refractivity (Wildman–Crippen MR) is 77.5 cm³/mol. The maximum absolute atomic E-state index is 11.9. The largest absolute Gasteiger partial charge is 0.347 e. The van der Waals surface area contributed by atoms with E-state index in [2.05, 4.69) is 10.3 Å². The summed E-state index contributed by atoms with van der Waals surface area (Å²) in [6, 6.07) is 10.9. The zero-order valence-electron chi connectivity index (χ0n) is 10.4. The molecule has 0 spiro atoms. The van der Waals surface area contributed by atoms with Crippen molar-refractivity contribution in [2.45, 2.75) is 6.92 Å². The zero-order chi connectivity index (χ0) is 13.7. The van der Waals surface area contributed by atoms with Crippen LogP contribution in [0.25, 0.3) is 0 Å². The van der Waals surface area contributed by atoms with E-state index in [0.29, 0.717) is 16.4 Å². The Labute approximate surface area is 116 Å². The summed E-state index contributed by atoms with van der Waals surface area (Å²) in [6.45, 7) is 1.95. The summed E-state index contributed by atoms with van der Waals surface area (Å²) in [5.74, 6) is 0.586. The van der Waals surface area contributed by atoms with Gasteiger partial charge in [0.2, 0.25) is 0 Å². The Balaban J connectivity index is 1.99. The van der Waals surface area contributed by atoms with Crippen LogP contribution in [-0.4, -0.2) is 10.8 Å². The fourth-order valence-corrected chi connectivity index (χ4v) is 1.67. The van der Waals surface area contributed by atoms with E-state index in [1.807, 2.05) is 25.1 Å². The van der Waals surface area contributed by atoms with Gasteiger partial charge in [-0.05, 0) is 25.1 Å². The van der Waals surface area contributed by atoms with Gasteiger partial charge in [0, 0.05) is 24.0 Å². The van der Waals surface area contributed by atoms with Crippen LogP contribution in [0.15, 0.2) is 54.9 Å². The van der Waals surface area contributed by atoms with Crippen molar-refractivity contribution in [3.8, 4) is 0 Å². The van der Waals surface area contributed by atoms with Gasteiger partial charge in [-0.25, -0.2) is 4.98 Å². The molecule has 0 aliphatic heterocycles. The number of benzene rings is 1. The van der Waals surface area contributed by atoms with Gasteiger partial charge in [0.25, 0.3) is 0 Å². The highest BCUT2D eigenvalue weighted by molar-refractivity contribution is 6.30. The molecule has 19 heavy (non-hydrogen) atoms. The minimum atomic E-state index is -0.0508. The molecule has 0 aliphatic rings. The number of pyridine rings is 1. The van der Waals surface area contributed by atoms with Crippen molar-refractivity contribution >= 4 is 23.2 Å². The molecule has 0 saturated carbocycles. The standard InChI is InChI=1S/C15H13ClN2O/c1-11-3-2-4-12(9-11)14(19)7-8-17-15-6-5-13(16)10-18-15/h2-10H,1H3,(H,17,18)/b8-7+. The van der Waals surface area contributed by atoms with E-state index < -0.39 is 0 Å². The Hall–Kier alpha value is -2.13. The van der Waals surface area contributed by atoms with Gasteiger partial charge in [-0.3, -0.25) is 4.79 Å². The topological polar surface area (TPSA) is 42.0 Å². The van der Waals surface area contributed by atoms with Gasteiger partial charge in [0.05, 0.1) is 5.02 Å². The lowest BCUT2D eigenvalue weighted by molar-refractivity contribution is 0.104. The number of hydrogen-bond donors (Lipinski definition) is 1. The first-order valence-corrected chi connectivity index (χ1v) is 6.18. The number of carbonyl (C=O) groups excluding carboxylic acids is 1. The number of ketones is 1. The molecular formula is C15H13ClN2O. The molecule has 0 aliphatic carbocycles. The van der Waals surface area contributed by atoms with Crippen LogP contribution < -0.4 is 5.32 Å².